The number of likely N-dealkylation sites (tertiary alicyclic amines) is 1. The number of aliphatic carboxylic acids is 1. The maximum absolute atomic E-state index is 10.8. The van der Waals surface area contributed by atoms with Gasteiger partial charge in [0.15, 0.2) is 6.61 Å². The molecule has 1 aliphatic carbocycles. The van der Waals surface area contributed by atoms with Crippen LogP contribution in [0.2, 0.25) is 0 Å². The van der Waals surface area contributed by atoms with Crippen LogP contribution in [0.25, 0.3) is 0 Å². The third-order valence-electron chi connectivity index (χ3n) is 5.73. The van der Waals surface area contributed by atoms with E-state index in [-0.39, 0.29) is 12.0 Å². The molecule has 27 heavy (non-hydrogen) atoms. The van der Waals surface area contributed by atoms with E-state index in [9.17, 15) is 4.79 Å². The number of fused-ring (bicyclic) bond motifs is 2. The number of aromatic nitrogens is 2. The van der Waals surface area contributed by atoms with Crippen LogP contribution >= 0.6 is 0 Å². The van der Waals surface area contributed by atoms with Gasteiger partial charge in [-0.15, -0.1) is 0 Å². The van der Waals surface area contributed by atoms with E-state index in [1.807, 2.05) is 37.4 Å². The molecular formula is C21H25N3O3. The lowest BCUT2D eigenvalue weighted by molar-refractivity contribution is -0.139. The number of aryl methyl sites for hydroxylation is 2. The van der Waals surface area contributed by atoms with Crippen LogP contribution in [0.4, 0.5) is 0 Å². The Bertz CT molecular complexity index is 850. The highest BCUT2D eigenvalue weighted by atomic mass is 16.5. The van der Waals surface area contributed by atoms with Crippen molar-refractivity contribution in [3.8, 4) is 5.75 Å². The minimum atomic E-state index is -0.959. The summed E-state index contributed by atoms with van der Waals surface area (Å²) in [5.41, 5.74) is 3.70. The maximum atomic E-state index is 10.8. The lowest BCUT2D eigenvalue weighted by atomic mass is 9.77. The maximum Gasteiger partial charge on any atom is 0.341 e. The topological polar surface area (TPSA) is 75.5 Å². The van der Waals surface area contributed by atoms with E-state index in [2.05, 4.69) is 9.88 Å². The number of hydrogen-bond acceptors (Lipinski definition) is 5. The highest BCUT2D eigenvalue weighted by molar-refractivity contribution is 5.68. The summed E-state index contributed by atoms with van der Waals surface area (Å²) < 4.78 is 5.48. The smallest absolute Gasteiger partial charge is 0.341 e. The number of piperidine rings is 1. The molecule has 6 heteroatoms. The molecule has 1 spiro atoms. The zero-order valence-electron chi connectivity index (χ0n) is 15.6. The van der Waals surface area contributed by atoms with Crippen molar-refractivity contribution in [1.82, 2.24) is 14.9 Å². The fraction of sp³-hybridized carbons (Fsp3) is 0.476. The molecule has 2 aromatic rings. The van der Waals surface area contributed by atoms with Crippen LogP contribution in [0.5, 0.6) is 5.75 Å². The van der Waals surface area contributed by atoms with E-state index in [0.29, 0.717) is 5.75 Å². The largest absolute Gasteiger partial charge is 0.482 e. The second kappa shape index (κ2) is 7.27. The van der Waals surface area contributed by atoms with Gasteiger partial charge in [-0.25, -0.2) is 14.8 Å². The number of ether oxygens (including phenoxy) is 1. The summed E-state index contributed by atoms with van der Waals surface area (Å²) in [7, 11) is 0. The molecule has 1 unspecified atom stereocenters. The van der Waals surface area contributed by atoms with Crippen LogP contribution in [-0.2, 0) is 23.2 Å². The van der Waals surface area contributed by atoms with Gasteiger partial charge in [0.2, 0.25) is 0 Å². The molecule has 1 atom stereocenters. The summed E-state index contributed by atoms with van der Waals surface area (Å²) in [6, 6.07) is 7.72. The average Bonchev–Trinajstić information content (AvgIpc) is 2.98. The van der Waals surface area contributed by atoms with E-state index in [4.69, 9.17) is 14.8 Å². The van der Waals surface area contributed by atoms with Crippen LogP contribution in [0.1, 0.15) is 41.9 Å². The number of nitrogens with zero attached hydrogens (tertiary/aromatic N) is 3. The second-order valence-corrected chi connectivity index (χ2v) is 7.68. The fourth-order valence-corrected chi connectivity index (χ4v) is 4.54. The lowest BCUT2D eigenvalue weighted by Crippen LogP contribution is -2.45. The Kier molecular flexibility index (Phi) is 4.83. The van der Waals surface area contributed by atoms with Crippen LogP contribution in [0, 0.1) is 6.92 Å². The Balaban J connectivity index is 1.53. The van der Waals surface area contributed by atoms with Gasteiger partial charge in [-0.05, 0) is 50.8 Å². The van der Waals surface area contributed by atoms with Gasteiger partial charge in [0.1, 0.15) is 11.6 Å². The molecule has 0 amide bonds. The van der Waals surface area contributed by atoms with Gasteiger partial charge < -0.3 is 9.84 Å². The monoisotopic (exact) mass is 367 g/mol. The van der Waals surface area contributed by atoms with Crippen molar-refractivity contribution in [2.45, 2.75) is 44.6 Å². The van der Waals surface area contributed by atoms with E-state index in [0.717, 1.165) is 50.3 Å². The Labute approximate surface area is 159 Å². The standard InChI is InChI=1S/C21H25N3O3/c1-15-22-11-16-7-9-21(20(16)23-15)8-4-10-24(14-21)12-17-5-2-3-6-18(17)27-13-19(25)26/h2-3,5-6,11H,4,7-10,12-14H2,1H3,(H,25,26). The zero-order valence-corrected chi connectivity index (χ0v) is 15.6. The first kappa shape index (κ1) is 17.9. The highest BCUT2D eigenvalue weighted by Gasteiger charge is 2.43. The van der Waals surface area contributed by atoms with Crippen LogP contribution in [0.3, 0.4) is 0 Å². The summed E-state index contributed by atoms with van der Waals surface area (Å²) in [5.74, 6) is 0.545. The first-order valence-corrected chi connectivity index (χ1v) is 9.54. The summed E-state index contributed by atoms with van der Waals surface area (Å²) in [4.78, 5) is 22.5. The summed E-state index contributed by atoms with van der Waals surface area (Å²) in [5, 5.41) is 8.89. The van der Waals surface area contributed by atoms with Gasteiger partial charge in [0.05, 0.1) is 5.69 Å². The van der Waals surface area contributed by atoms with Gasteiger partial charge >= 0.3 is 5.97 Å². The molecule has 2 heterocycles. The van der Waals surface area contributed by atoms with Gasteiger partial charge in [-0.3, -0.25) is 4.90 Å². The first-order chi connectivity index (χ1) is 13.1. The van der Waals surface area contributed by atoms with Crippen molar-refractivity contribution in [3.63, 3.8) is 0 Å². The molecule has 0 radical (unpaired) electrons. The number of rotatable bonds is 5. The molecule has 0 saturated carbocycles. The molecule has 1 saturated heterocycles. The first-order valence-electron chi connectivity index (χ1n) is 9.54. The normalized spacial score (nSPS) is 22.0. The third-order valence-corrected chi connectivity index (χ3v) is 5.73. The highest BCUT2D eigenvalue weighted by Crippen LogP contribution is 2.44. The molecule has 1 N–H and O–H groups in total. The number of carboxylic acids is 1. The predicted octanol–water partition coefficient (Wildman–Crippen LogP) is 2.73. The Morgan fingerprint density at radius 2 is 2.19 bits per heavy atom. The van der Waals surface area contributed by atoms with Crippen LogP contribution in [0.15, 0.2) is 30.5 Å². The van der Waals surface area contributed by atoms with E-state index in [1.54, 1.807) is 0 Å². The van der Waals surface area contributed by atoms with Crippen LogP contribution < -0.4 is 4.74 Å². The van der Waals surface area contributed by atoms with Crippen molar-refractivity contribution in [1.29, 1.82) is 0 Å². The Hall–Kier alpha value is -2.47. The fourth-order valence-electron chi connectivity index (χ4n) is 4.54. The van der Waals surface area contributed by atoms with Gasteiger partial charge in [0.25, 0.3) is 0 Å². The van der Waals surface area contributed by atoms with Crippen molar-refractivity contribution < 1.29 is 14.6 Å². The molecule has 1 fully saturated rings. The van der Waals surface area contributed by atoms with E-state index in [1.165, 1.54) is 17.7 Å². The molecule has 4 rings (SSSR count). The molecule has 2 aliphatic rings. The van der Waals surface area contributed by atoms with Crippen molar-refractivity contribution in [2.75, 3.05) is 19.7 Å². The summed E-state index contributed by atoms with van der Waals surface area (Å²) in [6.07, 6.45) is 6.50. The quantitative estimate of drug-likeness (QED) is 0.876. The number of carbonyl (C=O) groups is 1. The molecule has 1 aliphatic heterocycles. The van der Waals surface area contributed by atoms with E-state index >= 15 is 0 Å². The lowest BCUT2D eigenvalue weighted by Gasteiger charge is -2.40. The Morgan fingerprint density at radius 1 is 1.33 bits per heavy atom. The zero-order chi connectivity index (χ0) is 18.9. The number of benzene rings is 1. The molecule has 142 valence electrons. The van der Waals surface area contributed by atoms with Gasteiger partial charge in [-0.2, -0.15) is 0 Å². The number of para-hydroxylation sites is 1. The van der Waals surface area contributed by atoms with Gasteiger partial charge in [0, 0.05) is 30.3 Å². The van der Waals surface area contributed by atoms with Crippen molar-refractivity contribution in [2.24, 2.45) is 0 Å². The minimum Gasteiger partial charge on any atom is -0.482 e. The minimum absolute atomic E-state index is 0.123. The molecule has 1 aromatic heterocycles. The second-order valence-electron chi connectivity index (χ2n) is 7.68. The van der Waals surface area contributed by atoms with Crippen molar-refractivity contribution >= 4 is 5.97 Å². The van der Waals surface area contributed by atoms with Crippen LogP contribution in [-0.4, -0.2) is 45.6 Å². The van der Waals surface area contributed by atoms with E-state index < -0.39 is 5.97 Å². The number of hydrogen-bond donors (Lipinski definition) is 1. The molecular weight excluding hydrogens is 342 g/mol. The molecule has 1 aromatic carbocycles. The summed E-state index contributed by atoms with van der Waals surface area (Å²) in [6.45, 7) is 4.42. The predicted molar refractivity (Wildman–Crippen MR) is 101 cm³/mol. The third kappa shape index (κ3) is 3.67. The number of carboxylic acid groups (broad SMARTS) is 1. The molecule has 6 nitrogen and oxygen atoms in total. The van der Waals surface area contributed by atoms with Gasteiger partial charge in [-0.1, -0.05) is 18.2 Å². The van der Waals surface area contributed by atoms with Crippen molar-refractivity contribution in [3.05, 3.63) is 53.1 Å². The SMILES string of the molecule is Cc1ncc2c(n1)C1(CCCN(Cc3ccccc3OCC(=O)O)C1)CC2. The molecule has 0 bridgehead atoms. The average molecular weight is 367 g/mol. The Morgan fingerprint density at radius 3 is 3.04 bits per heavy atom. The summed E-state index contributed by atoms with van der Waals surface area (Å²) >= 11 is 0.